The van der Waals surface area contributed by atoms with Crippen molar-refractivity contribution in [1.29, 1.82) is 0 Å². The van der Waals surface area contributed by atoms with Gasteiger partial charge in [-0.2, -0.15) is 0 Å². The van der Waals surface area contributed by atoms with Gasteiger partial charge >= 0.3 is 5.97 Å². The van der Waals surface area contributed by atoms with E-state index in [-0.39, 0.29) is 0 Å². The Morgan fingerprint density at radius 2 is 0.966 bits per heavy atom. The molecule has 0 amide bonds. The van der Waals surface area contributed by atoms with Crippen molar-refractivity contribution in [3.05, 3.63) is 0 Å². The molecule has 0 aliphatic carbocycles. The Morgan fingerprint density at radius 1 is 0.621 bits per heavy atom. The van der Waals surface area contributed by atoms with Crippen LogP contribution in [0, 0.1) is 5.92 Å². The topological polar surface area (TPSA) is 57.5 Å². The lowest BCUT2D eigenvalue weighted by atomic mass is 10.0. The van der Waals surface area contributed by atoms with E-state index < -0.39 is 5.97 Å². The number of hydrogen-bond donors (Lipinski definition) is 2. The van der Waals surface area contributed by atoms with Crippen molar-refractivity contribution in [3.8, 4) is 0 Å². The molecule has 0 aromatic carbocycles. The van der Waals surface area contributed by atoms with Gasteiger partial charge in [-0.1, -0.05) is 124 Å². The maximum Gasteiger partial charge on any atom is 0.303 e. The SMILES string of the molecule is CC(C)CCCO.CCCCCCCCCCCCCCCCCCCC(=O)O. The normalized spacial score (nSPS) is 10.8. The number of carboxylic acid groups (broad SMARTS) is 1. The summed E-state index contributed by atoms with van der Waals surface area (Å²) in [6.45, 7) is 6.95. The van der Waals surface area contributed by atoms with E-state index in [0.29, 0.717) is 13.0 Å². The summed E-state index contributed by atoms with van der Waals surface area (Å²) in [4.78, 5) is 10.4. The molecular formula is C26H54O3. The molecule has 3 nitrogen and oxygen atoms in total. The third kappa shape index (κ3) is 35.3. The molecule has 176 valence electrons. The van der Waals surface area contributed by atoms with Crippen LogP contribution >= 0.6 is 0 Å². The Hall–Kier alpha value is -0.570. The van der Waals surface area contributed by atoms with Gasteiger partial charge in [-0.05, 0) is 25.2 Å². The molecule has 0 radical (unpaired) electrons. The Kier molecular flexibility index (Phi) is 29.0. The molecule has 0 bridgehead atoms. The maximum atomic E-state index is 10.4. The van der Waals surface area contributed by atoms with Gasteiger partial charge in [-0.25, -0.2) is 0 Å². The molecule has 0 aromatic rings. The molecule has 0 aliphatic heterocycles. The highest BCUT2D eigenvalue weighted by Gasteiger charge is 1.97. The summed E-state index contributed by atoms with van der Waals surface area (Å²) in [7, 11) is 0. The van der Waals surface area contributed by atoms with E-state index >= 15 is 0 Å². The predicted molar refractivity (Wildman–Crippen MR) is 128 cm³/mol. The lowest BCUT2D eigenvalue weighted by Gasteiger charge is -2.03. The van der Waals surface area contributed by atoms with Gasteiger partial charge in [0.2, 0.25) is 0 Å². The molecule has 0 fully saturated rings. The number of aliphatic carboxylic acids is 1. The molecule has 0 saturated carbocycles. The lowest BCUT2D eigenvalue weighted by molar-refractivity contribution is -0.137. The Labute approximate surface area is 183 Å². The monoisotopic (exact) mass is 414 g/mol. The predicted octanol–water partition coefficient (Wildman–Crippen LogP) is 8.53. The van der Waals surface area contributed by atoms with Crippen LogP contribution in [0.5, 0.6) is 0 Å². The number of carbonyl (C=O) groups is 1. The minimum absolute atomic E-state index is 0.345. The third-order valence-electron chi connectivity index (χ3n) is 5.43. The first kappa shape index (κ1) is 30.6. The standard InChI is InChI=1S/C20H40O2.C6H14O/c1-2-3-4-5-6-7-8-9-10-11-12-13-14-15-16-17-18-19-20(21)22;1-6(2)4-3-5-7/h2-19H2,1H3,(H,21,22);6-7H,3-5H2,1-2H3. The fraction of sp³-hybridized carbons (Fsp3) is 0.962. The van der Waals surface area contributed by atoms with Gasteiger partial charge < -0.3 is 10.2 Å². The second kappa shape index (κ2) is 27.4. The molecule has 0 heterocycles. The van der Waals surface area contributed by atoms with E-state index in [1.54, 1.807) is 0 Å². The first-order valence-electron chi connectivity index (χ1n) is 12.9. The van der Waals surface area contributed by atoms with Crippen molar-refractivity contribution in [2.45, 2.75) is 149 Å². The molecular weight excluding hydrogens is 360 g/mol. The first-order chi connectivity index (χ1) is 14.0. The summed E-state index contributed by atoms with van der Waals surface area (Å²) in [5.41, 5.74) is 0. The summed E-state index contributed by atoms with van der Waals surface area (Å²) in [6, 6.07) is 0. The second-order valence-corrected chi connectivity index (χ2v) is 9.06. The Balaban J connectivity index is 0. The minimum Gasteiger partial charge on any atom is -0.481 e. The highest BCUT2D eigenvalue weighted by molar-refractivity contribution is 5.66. The number of aliphatic hydroxyl groups is 1. The van der Waals surface area contributed by atoms with E-state index in [2.05, 4.69) is 20.8 Å². The molecule has 0 aromatic heterocycles. The Morgan fingerprint density at radius 3 is 1.21 bits per heavy atom. The van der Waals surface area contributed by atoms with E-state index in [4.69, 9.17) is 10.2 Å². The third-order valence-corrected chi connectivity index (χ3v) is 5.43. The van der Waals surface area contributed by atoms with Crippen molar-refractivity contribution in [3.63, 3.8) is 0 Å². The maximum absolute atomic E-state index is 10.4. The van der Waals surface area contributed by atoms with Crippen molar-refractivity contribution in [1.82, 2.24) is 0 Å². The van der Waals surface area contributed by atoms with Crippen molar-refractivity contribution in [2.24, 2.45) is 5.92 Å². The van der Waals surface area contributed by atoms with Gasteiger partial charge in [0.15, 0.2) is 0 Å². The van der Waals surface area contributed by atoms with Crippen molar-refractivity contribution < 1.29 is 15.0 Å². The molecule has 0 spiro atoms. The summed E-state index contributed by atoms with van der Waals surface area (Å²) >= 11 is 0. The summed E-state index contributed by atoms with van der Waals surface area (Å²) in [6.07, 6.45) is 25.2. The zero-order valence-corrected chi connectivity index (χ0v) is 20.2. The molecule has 29 heavy (non-hydrogen) atoms. The number of rotatable bonds is 21. The molecule has 0 atom stereocenters. The average Bonchev–Trinajstić information content (AvgIpc) is 2.69. The largest absolute Gasteiger partial charge is 0.481 e. The number of hydrogen-bond acceptors (Lipinski definition) is 2. The van der Waals surface area contributed by atoms with Crippen molar-refractivity contribution >= 4 is 5.97 Å². The van der Waals surface area contributed by atoms with Crippen LogP contribution in [0.3, 0.4) is 0 Å². The lowest BCUT2D eigenvalue weighted by Crippen LogP contribution is -1.93. The second-order valence-electron chi connectivity index (χ2n) is 9.06. The average molecular weight is 415 g/mol. The zero-order valence-electron chi connectivity index (χ0n) is 20.2. The fourth-order valence-electron chi connectivity index (χ4n) is 3.50. The van der Waals surface area contributed by atoms with Crippen LogP contribution in [0.2, 0.25) is 0 Å². The molecule has 0 saturated heterocycles. The van der Waals surface area contributed by atoms with Crippen LogP contribution in [0.1, 0.15) is 149 Å². The van der Waals surface area contributed by atoms with E-state index in [1.807, 2.05) is 0 Å². The van der Waals surface area contributed by atoms with Gasteiger partial charge in [0, 0.05) is 13.0 Å². The smallest absolute Gasteiger partial charge is 0.303 e. The summed E-state index contributed by atoms with van der Waals surface area (Å²) < 4.78 is 0. The van der Waals surface area contributed by atoms with Gasteiger partial charge in [-0.15, -0.1) is 0 Å². The number of carboxylic acids is 1. The number of unbranched alkanes of at least 4 members (excludes halogenated alkanes) is 16. The summed E-state index contributed by atoms with van der Waals surface area (Å²) in [5, 5.41) is 16.9. The Bertz CT molecular complexity index is 302. The highest BCUT2D eigenvalue weighted by atomic mass is 16.4. The molecule has 0 unspecified atom stereocenters. The van der Waals surface area contributed by atoms with Gasteiger partial charge in [0.1, 0.15) is 0 Å². The number of aliphatic hydroxyl groups excluding tert-OH is 1. The van der Waals surface area contributed by atoms with Crippen LogP contribution in [-0.4, -0.2) is 22.8 Å². The molecule has 3 heteroatoms. The van der Waals surface area contributed by atoms with Gasteiger partial charge in [0.25, 0.3) is 0 Å². The minimum atomic E-state index is -0.652. The fourth-order valence-corrected chi connectivity index (χ4v) is 3.50. The quantitative estimate of drug-likeness (QED) is 0.185. The highest BCUT2D eigenvalue weighted by Crippen LogP contribution is 2.14. The van der Waals surface area contributed by atoms with Crippen LogP contribution in [-0.2, 0) is 4.79 Å². The van der Waals surface area contributed by atoms with Crippen molar-refractivity contribution in [2.75, 3.05) is 6.61 Å². The van der Waals surface area contributed by atoms with Crippen LogP contribution in [0.15, 0.2) is 0 Å². The molecule has 0 rings (SSSR count). The van der Waals surface area contributed by atoms with Crippen LogP contribution < -0.4 is 0 Å². The van der Waals surface area contributed by atoms with Crippen LogP contribution in [0.4, 0.5) is 0 Å². The van der Waals surface area contributed by atoms with E-state index in [0.717, 1.165) is 31.6 Å². The van der Waals surface area contributed by atoms with Crippen LogP contribution in [0.25, 0.3) is 0 Å². The molecule has 0 aliphatic rings. The zero-order chi connectivity index (χ0) is 22.0. The van der Waals surface area contributed by atoms with Gasteiger partial charge in [0.05, 0.1) is 0 Å². The molecule has 2 N–H and O–H groups in total. The van der Waals surface area contributed by atoms with Gasteiger partial charge in [-0.3, -0.25) is 4.79 Å². The van der Waals surface area contributed by atoms with E-state index in [9.17, 15) is 4.79 Å². The van der Waals surface area contributed by atoms with E-state index in [1.165, 1.54) is 96.3 Å². The first-order valence-corrected chi connectivity index (χ1v) is 12.9. The summed E-state index contributed by atoms with van der Waals surface area (Å²) in [5.74, 6) is 0.0908.